The van der Waals surface area contributed by atoms with E-state index in [1.165, 1.54) is 29.7 Å². The van der Waals surface area contributed by atoms with Crippen molar-refractivity contribution in [3.63, 3.8) is 0 Å². The molecule has 0 spiro atoms. The Kier molecular flexibility index (Phi) is 1.56. The third-order valence-corrected chi connectivity index (χ3v) is 3.08. The summed E-state index contributed by atoms with van der Waals surface area (Å²) in [6, 6.07) is 7.23. The average molecular weight is 174 g/mol. The zero-order chi connectivity index (χ0) is 8.67. The fourth-order valence-electron chi connectivity index (χ4n) is 2.48. The van der Waals surface area contributed by atoms with Gasteiger partial charge in [-0.25, -0.2) is 0 Å². The molecular formula is C11H14N2. The van der Waals surface area contributed by atoms with E-state index in [2.05, 4.69) is 28.8 Å². The summed E-state index contributed by atoms with van der Waals surface area (Å²) >= 11 is 0. The number of hydrogen-bond acceptors (Lipinski definition) is 2. The lowest BCUT2D eigenvalue weighted by Crippen LogP contribution is -2.34. The first kappa shape index (κ1) is 7.39. The topological polar surface area (TPSA) is 24.1 Å². The average Bonchev–Trinajstić information content (AvgIpc) is 2.19. The Morgan fingerprint density at radius 1 is 1.23 bits per heavy atom. The van der Waals surface area contributed by atoms with E-state index in [9.17, 15) is 0 Å². The highest BCUT2D eigenvalue weighted by Crippen LogP contribution is 2.34. The summed E-state index contributed by atoms with van der Waals surface area (Å²) in [5.41, 5.74) is 4.41. The number of rotatable bonds is 0. The van der Waals surface area contributed by atoms with Gasteiger partial charge >= 0.3 is 0 Å². The van der Waals surface area contributed by atoms with Gasteiger partial charge in [0.05, 0.1) is 0 Å². The number of nitrogens with one attached hydrogen (secondary N) is 2. The van der Waals surface area contributed by atoms with Crippen molar-refractivity contribution in [2.75, 3.05) is 18.4 Å². The summed E-state index contributed by atoms with van der Waals surface area (Å²) in [7, 11) is 0. The van der Waals surface area contributed by atoms with E-state index in [0.29, 0.717) is 6.04 Å². The third kappa shape index (κ3) is 1.05. The summed E-state index contributed by atoms with van der Waals surface area (Å²) in [5, 5.41) is 7.04. The van der Waals surface area contributed by atoms with E-state index in [4.69, 9.17) is 0 Å². The highest BCUT2D eigenvalue weighted by molar-refractivity contribution is 5.58. The molecule has 1 unspecified atom stereocenters. The normalized spacial score (nSPS) is 24.8. The van der Waals surface area contributed by atoms with Crippen LogP contribution in [0.4, 0.5) is 5.69 Å². The van der Waals surface area contributed by atoms with Gasteiger partial charge in [0.1, 0.15) is 0 Å². The van der Waals surface area contributed by atoms with Crippen LogP contribution in [0.15, 0.2) is 18.2 Å². The first-order valence-corrected chi connectivity index (χ1v) is 5.04. The van der Waals surface area contributed by atoms with Crippen molar-refractivity contribution in [2.45, 2.75) is 18.9 Å². The van der Waals surface area contributed by atoms with Gasteiger partial charge < -0.3 is 10.6 Å². The Balaban J connectivity index is 2.18. The monoisotopic (exact) mass is 174 g/mol. The van der Waals surface area contributed by atoms with Crippen LogP contribution < -0.4 is 10.6 Å². The zero-order valence-corrected chi connectivity index (χ0v) is 7.64. The van der Waals surface area contributed by atoms with E-state index < -0.39 is 0 Å². The van der Waals surface area contributed by atoms with Crippen LogP contribution in [0.2, 0.25) is 0 Å². The molecule has 0 fully saturated rings. The molecule has 2 N–H and O–H groups in total. The minimum atomic E-state index is 0.612. The lowest BCUT2D eigenvalue weighted by Gasteiger charge is -2.33. The molecule has 13 heavy (non-hydrogen) atoms. The lowest BCUT2D eigenvalue weighted by molar-refractivity contribution is 0.476. The standard InChI is InChI=1S/C11H14N2/c1-2-8-4-6-12-10-5-7-13-9(3-1)11(8)10/h1-3,10,12-13H,4-7H2. The van der Waals surface area contributed by atoms with E-state index in [-0.39, 0.29) is 0 Å². The van der Waals surface area contributed by atoms with Gasteiger partial charge in [0.25, 0.3) is 0 Å². The number of anilines is 1. The van der Waals surface area contributed by atoms with Gasteiger partial charge in [-0.2, -0.15) is 0 Å². The van der Waals surface area contributed by atoms with Crippen LogP contribution in [0.1, 0.15) is 23.6 Å². The molecule has 2 heteroatoms. The first-order valence-electron chi connectivity index (χ1n) is 5.04. The van der Waals surface area contributed by atoms with Crippen LogP contribution in [0.5, 0.6) is 0 Å². The summed E-state index contributed by atoms with van der Waals surface area (Å²) in [6.07, 6.45) is 2.41. The molecule has 2 heterocycles. The van der Waals surface area contributed by atoms with Crippen molar-refractivity contribution >= 4 is 5.69 Å². The van der Waals surface area contributed by atoms with Gasteiger partial charge in [-0.1, -0.05) is 12.1 Å². The van der Waals surface area contributed by atoms with Crippen molar-refractivity contribution in [3.05, 3.63) is 29.3 Å². The minimum absolute atomic E-state index is 0.612. The molecule has 0 saturated heterocycles. The predicted octanol–water partition coefficient (Wildman–Crippen LogP) is 1.69. The van der Waals surface area contributed by atoms with E-state index >= 15 is 0 Å². The Bertz CT molecular complexity index is 305. The molecule has 0 aliphatic carbocycles. The summed E-state index contributed by atoms with van der Waals surface area (Å²) in [5.74, 6) is 0. The Labute approximate surface area is 78.3 Å². The fraction of sp³-hybridized carbons (Fsp3) is 0.455. The van der Waals surface area contributed by atoms with Crippen LogP contribution in [0, 0.1) is 0 Å². The van der Waals surface area contributed by atoms with Gasteiger partial charge in [-0.15, -0.1) is 0 Å². The molecule has 0 bridgehead atoms. The molecule has 2 aliphatic heterocycles. The highest BCUT2D eigenvalue weighted by atomic mass is 15.0. The maximum Gasteiger partial charge on any atom is 0.0391 e. The molecule has 0 radical (unpaired) electrons. The second-order valence-corrected chi connectivity index (χ2v) is 3.85. The number of benzene rings is 1. The van der Waals surface area contributed by atoms with E-state index in [0.717, 1.165) is 13.1 Å². The SMILES string of the molecule is c1cc2c3c(c1)NCCC3NCC2. The number of hydrogen-bond donors (Lipinski definition) is 2. The maximum absolute atomic E-state index is 3.58. The smallest absolute Gasteiger partial charge is 0.0391 e. The molecule has 0 aromatic heterocycles. The van der Waals surface area contributed by atoms with Crippen LogP contribution in [0.3, 0.4) is 0 Å². The van der Waals surface area contributed by atoms with Crippen molar-refractivity contribution in [3.8, 4) is 0 Å². The molecule has 0 saturated carbocycles. The predicted molar refractivity (Wildman–Crippen MR) is 54.0 cm³/mol. The van der Waals surface area contributed by atoms with Crippen LogP contribution >= 0.6 is 0 Å². The second-order valence-electron chi connectivity index (χ2n) is 3.85. The first-order chi connectivity index (χ1) is 6.45. The highest BCUT2D eigenvalue weighted by Gasteiger charge is 2.24. The van der Waals surface area contributed by atoms with E-state index in [1.54, 1.807) is 0 Å². The van der Waals surface area contributed by atoms with Gasteiger partial charge in [0.2, 0.25) is 0 Å². The van der Waals surface area contributed by atoms with Gasteiger partial charge in [0.15, 0.2) is 0 Å². The summed E-state index contributed by atoms with van der Waals surface area (Å²) < 4.78 is 0. The van der Waals surface area contributed by atoms with Crippen molar-refractivity contribution in [2.24, 2.45) is 0 Å². The molecule has 2 aliphatic rings. The van der Waals surface area contributed by atoms with Gasteiger partial charge in [-0.05, 0) is 36.6 Å². The molecule has 1 aromatic rings. The quantitative estimate of drug-likeness (QED) is 0.625. The van der Waals surface area contributed by atoms with Gasteiger partial charge in [-0.3, -0.25) is 0 Å². The van der Waals surface area contributed by atoms with Crippen molar-refractivity contribution < 1.29 is 0 Å². The second kappa shape index (κ2) is 2.74. The van der Waals surface area contributed by atoms with Crippen LogP contribution in [0.25, 0.3) is 0 Å². The Hall–Kier alpha value is -1.02. The maximum atomic E-state index is 3.58. The lowest BCUT2D eigenvalue weighted by atomic mass is 9.89. The zero-order valence-electron chi connectivity index (χ0n) is 7.64. The van der Waals surface area contributed by atoms with Crippen molar-refractivity contribution in [1.82, 2.24) is 5.32 Å². The molecule has 1 atom stereocenters. The minimum Gasteiger partial charge on any atom is -0.385 e. The molecule has 3 rings (SSSR count). The van der Waals surface area contributed by atoms with Crippen molar-refractivity contribution in [1.29, 1.82) is 0 Å². The van der Waals surface area contributed by atoms with Crippen LogP contribution in [-0.4, -0.2) is 13.1 Å². The third-order valence-electron chi connectivity index (χ3n) is 3.08. The molecule has 2 nitrogen and oxygen atoms in total. The van der Waals surface area contributed by atoms with Crippen LogP contribution in [-0.2, 0) is 6.42 Å². The van der Waals surface area contributed by atoms with Gasteiger partial charge in [0, 0.05) is 18.3 Å². The largest absolute Gasteiger partial charge is 0.385 e. The molecule has 68 valence electrons. The Morgan fingerprint density at radius 2 is 2.23 bits per heavy atom. The molecular weight excluding hydrogens is 160 g/mol. The fourth-order valence-corrected chi connectivity index (χ4v) is 2.48. The van der Waals surface area contributed by atoms with E-state index in [1.807, 2.05) is 0 Å². The molecule has 1 aromatic carbocycles. The Morgan fingerprint density at radius 3 is 3.23 bits per heavy atom. The summed E-state index contributed by atoms with van der Waals surface area (Å²) in [4.78, 5) is 0. The summed E-state index contributed by atoms with van der Waals surface area (Å²) in [6.45, 7) is 2.25. The molecule has 0 amide bonds.